The summed E-state index contributed by atoms with van der Waals surface area (Å²) in [5.41, 5.74) is 8.29. The maximum absolute atomic E-state index is 11.8. The van der Waals surface area contributed by atoms with Crippen molar-refractivity contribution in [3.8, 4) is 0 Å². The molecular weight excluding hydrogens is 272 g/mol. The minimum atomic E-state index is -0.292. The van der Waals surface area contributed by atoms with Gasteiger partial charge in [0.25, 0.3) is 0 Å². The van der Waals surface area contributed by atoms with Crippen molar-refractivity contribution >= 4 is 29.1 Å². The van der Waals surface area contributed by atoms with E-state index in [1.54, 1.807) is 19.1 Å². The molecule has 1 aliphatic heterocycles. The van der Waals surface area contributed by atoms with Crippen LogP contribution in [0.4, 0.5) is 11.4 Å². The number of benzene rings is 1. The summed E-state index contributed by atoms with van der Waals surface area (Å²) in [5, 5.41) is 0. The fourth-order valence-corrected chi connectivity index (χ4v) is 3.49. The van der Waals surface area contributed by atoms with Crippen molar-refractivity contribution in [2.24, 2.45) is 0 Å². The molecule has 0 saturated carbocycles. The van der Waals surface area contributed by atoms with E-state index < -0.39 is 0 Å². The van der Waals surface area contributed by atoms with Crippen LogP contribution < -0.4 is 10.6 Å². The van der Waals surface area contributed by atoms with Crippen molar-refractivity contribution in [2.75, 3.05) is 36.1 Å². The van der Waals surface area contributed by atoms with Gasteiger partial charge in [0.1, 0.15) is 0 Å². The van der Waals surface area contributed by atoms with Gasteiger partial charge in [-0.1, -0.05) is 0 Å². The number of esters is 1. The van der Waals surface area contributed by atoms with E-state index in [1.807, 2.05) is 17.8 Å². The molecule has 2 rings (SSSR count). The highest BCUT2D eigenvalue weighted by Crippen LogP contribution is 2.34. The van der Waals surface area contributed by atoms with Gasteiger partial charge in [-0.05, 0) is 39.0 Å². The summed E-state index contributed by atoms with van der Waals surface area (Å²) < 4.78 is 5.25. The highest BCUT2D eigenvalue weighted by molar-refractivity contribution is 8.00. The third kappa shape index (κ3) is 3.39. The second-order valence-electron chi connectivity index (χ2n) is 5.52. The molecule has 0 spiro atoms. The zero-order valence-corrected chi connectivity index (χ0v) is 13.1. The van der Waals surface area contributed by atoms with E-state index in [-0.39, 0.29) is 10.7 Å². The average molecular weight is 294 g/mol. The smallest absolute Gasteiger partial charge is 0.338 e. The molecule has 0 amide bonds. The second-order valence-corrected chi connectivity index (χ2v) is 7.33. The Balaban J connectivity index is 2.26. The van der Waals surface area contributed by atoms with Crippen LogP contribution in [0, 0.1) is 0 Å². The van der Waals surface area contributed by atoms with E-state index in [0.717, 1.165) is 24.5 Å². The zero-order chi connectivity index (χ0) is 14.8. The first-order valence-electron chi connectivity index (χ1n) is 6.88. The van der Waals surface area contributed by atoms with Gasteiger partial charge in [0, 0.05) is 23.6 Å². The van der Waals surface area contributed by atoms with Crippen LogP contribution in [0.2, 0.25) is 0 Å². The predicted octanol–water partition coefficient (Wildman–Crippen LogP) is 2.78. The van der Waals surface area contributed by atoms with Crippen LogP contribution in [-0.4, -0.2) is 36.2 Å². The number of nitrogens with zero attached hydrogens (tertiary/aromatic N) is 1. The number of anilines is 2. The summed E-state index contributed by atoms with van der Waals surface area (Å²) in [6.07, 6.45) is 0. The molecule has 0 unspecified atom stereocenters. The van der Waals surface area contributed by atoms with E-state index >= 15 is 0 Å². The van der Waals surface area contributed by atoms with Crippen LogP contribution in [0.3, 0.4) is 0 Å². The Hall–Kier alpha value is -1.36. The van der Waals surface area contributed by atoms with Gasteiger partial charge in [-0.25, -0.2) is 4.79 Å². The number of carbonyl (C=O) groups is 1. The van der Waals surface area contributed by atoms with E-state index in [4.69, 9.17) is 10.5 Å². The average Bonchev–Trinajstić information content (AvgIpc) is 2.38. The van der Waals surface area contributed by atoms with Crippen molar-refractivity contribution in [2.45, 2.75) is 25.5 Å². The van der Waals surface area contributed by atoms with Crippen molar-refractivity contribution in [3.05, 3.63) is 23.8 Å². The molecule has 110 valence electrons. The Bertz CT molecular complexity index is 503. The van der Waals surface area contributed by atoms with Gasteiger partial charge in [-0.2, -0.15) is 11.8 Å². The second kappa shape index (κ2) is 5.95. The number of ether oxygens (including phenoxy) is 1. The number of nitrogen functional groups attached to an aromatic ring is 1. The third-order valence-electron chi connectivity index (χ3n) is 3.31. The number of rotatable bonds is 3. The first-order valence-corrected chi connectivity index (χ1v) is 7.87. The van der Waals surface area contributed by atoms with Crippen molar-refractivity contribution < 1.29 is 9.53 Å². The molecule has 5 heteroatoms. The van der Waals surface area contributed by atoms with Crippen LogP contribution in [0.1, 0.15) is 31.1 Å². The van der Waals surface area contributed by atoms with Gasteiger partial charge in [-0.3, -0.25) is 0 Å². The van der Waals surface area contributed by atoms with Crippen LogP contribution in [-0.2, 0) is 4.74 Å². The molecule has 1 saturated heterocycles. The first kappa shape index (κ1) is 15.0. The fourth-order valence-electron chi connectivity index (χ4n) is 2.38. The van der Waals surface area contributed by atoms with Crippen LogP contribution in [0.5, 0.6) is 0 Å². The van der Waals surface area contributed by atoms with Gasteiger partial charge in [0.2, 0.25) is 0 Å². The Morgan fingerprint density at radius 3 is 2.90 bits per heavy atom. The van der Waals surface area contributed by atoms with E-state index in [2.05, 4.69) is 18.7 Å². The Morgan fingerprint density at radius 1 is 1.50 bits per heavy atom. The highest BCUT2D eigenvalue weighted by Gasteiger charge is 2.28. The Morgan fingerprint density at radius 2 is 2.25 bits per heavy atom. The molecule has 1 aliphatic rings. The summed E-state index contributed by atoms with van der Waals surface area (Å²) >= 11 is 1.97. The van der Waals surface area contributed by atoms with Crippen molar-refractivity contribution in [1.82, 2.24) is 0 Å². The standard InChI is InChI=1S/C15H22N2O2S/c1-4-19-14(18)11-5-6-12(16)13(9-11)17-7-8-20-15(2,3)10-17/h5-6,9H,4,7-8,10,16H2,1-3H3. The lowest BCUT2D eigenvalue weighted by Gasteiger charge is -2.39. The molecule has 0 atom stereocenters. The molecule has 0 bridgehead atoms. The van der Waals surface area contributed by atoms with Gasteiger partial charge in [-0.15, -0.1) is 0 Å². The summed E-state index contributed by atoms with van der Waals surface area (Å²) in [7, 11) is 0. The minimum Gasteiger partial charge on any atom is -0.462 e. The minimum absolute atomic E-state index is 0.199. The summed E-state index contributed by atoms with van der Waals surface area (Å²) in [6, 6.07) is 5.36. The normalized spacial score (nSPS) is 17.9. The van der Waals surface area contributed by atoms with Gasteiger partial charge in [0.15, 0.2) is 0 Å². The quantitative estimate of drug-likeness (QED) is 0.686. The molecule has 1 fully saturated rings. The van der Waals surface area contributed by atoms with Crippen LogP contribution in [0.15, 0.2) is 18.2 Å². The third-order valence-corrected chi connectivity index (χ3v) is 4.61. The van der Waals surface area contributed by atoms with E-state index in [0.29, 0.717) is 17.9 Å². The molecular formula is C15H22N2O2S. The monoisotopic (exact) mass is 294 g/mol. The molecule has 0 aliphatic carbocycles. The molecule has 20 heavy (non-hydrogen) atoms. The summed E-state index contributed by atoms with van der Waals surface area (Å²) in [4.78, 5) is 14.1. The number of hydrogen-bond acceptors (Lipinski definition) is 5. The zero-order valence-electron chi connectivity index (χ0n) is 12.3. The summed E-state index contributed by atoms with van der Waals surface area (Å²) in [5.74, 6) is 0.773. The lowest BCUT2D eigenvalue weighted by atomic mass is 10.1. The van der Waals surface area contributed by atoms with E-state index in [1.165, 1.54) is 0 Å². The summed E-state index contributed by atoms with van der Waals surface area (Å²) in [6.45, 7) is 8.52. The molecule has 1 aromatic carbocycles. The van der Waals surface area contributed by atoms with Crippen molar-refractivity contribution in [1.29, 1.82) is 0 Å². The lowest BCUT2D eigenvalue weighted by Crippen LogP contribution is -2.43. The lowest BCUT2D eigenvalue weighted by molar-refractivity contribution is 0.0526. The predicted molar refractivity (Wildman–Crippen MR) is 85.6 cm³/mol. The van der Waals surface area contributed by atoms with Gasteiger partial charge < -0.3 is 15.4 Å². The van der Waals surface area contributed by atoms with Gasteiger partial charge >= 0.3 is 5.97 Å². The molecule has 1 aromatic rings. The number of hydrogen-bond donors (Lipinski definition) is 1. The fraction of sp³-hybridized carbons (Fsp3) is 0.533. The molecule has 1 heterocycles. The van der Waals surface area contributed by atoms with Crippen LogP contribution in [0.25, 0.3) is 0 Å². The molecule has 0 radical (unpaired) electrons. The highest BCUT2D eigenvalue weighted by atomic mass is 32.2. The van der Waals surface area contributed by atoms with Crippen LogP contribution >= 0.6 is 11.8 Å². The topological polar surface area (TPSA) is 55.6 Å². The molecule has 2 N–H and O–H groups in total. The number of nitrogens with two attached hydrogens (primary N) is 1. The molecule has 4 nitrogen and oxygen atoms in total. The largest absolute Gasteiger partial charge is 0.462 e. The number of thioether (sulfide) groups is 1. The van der Waals surface area contributed by atoms with Gasteiger partial charge in [0.05, 0.1) is 23.5 Å². The maximum atomic E-state index is 11.8. The Kier molecular flexibility index (Phi) is 4.48. The van der Waals surface area contributed by atoms with E-state index in [9.17, 15) is 4.79 Å². The maximum Gasteiger partial charge on any atom is 0.338 e. The van der Waals surface area contributed by atoms with Crippen molar-refractivity contribution in [3.63, 3.8) is 0 Å². The Labute approximate surface area is 124 Å². The molecule has 0 aromatic heterocycles. The SMILES string of the molecule is CCOC(=O)c1ccc(N)c(N2CCSC(C)(C)C2)c1. The first-order chi connectivity index (χ1) is 9.43. The number of carbonyl (C=O) groups excluding carboxylic acids is 1.